The number of aryl methyl sites for hydroxylation is 1. The molecule has 1 aliphatic carbocycles. The van der Waals surface area contributed by atoms with Crippen LogP contribution in [0.1, 0.15) is 57.4 Å². The molecule has 0 spiro atoms. The second-order valence-electron chi connectivity index (χ2n) is 8.44. The number of hydrogen-bond donors (Lipinski definition) is 0. The van der Waals surface area contributed by atoms with Gasteiger partial charge in [-0.3, -0.25) is 24.2 Å². The molecule has 2 fully saturated rings. The third-order valence-electron chi connectivity index (χ3n) is 6.28. The largest absolute Gasteiger partial charge is 0.288 e. The zero-order valence-electron chi connectivity index (χ0n) is 17.7. The summed E-state index contributed by atoms with van der Waals surface area (Å²) >= 11 is 1.52. The molecule has 1 aliphatic heterocycles. The molecule has 0 radical (unpaired) electrons. The normalized spacial score (nSPS) is 21.3. The molecule has 2 unspecified atom stereocenters. The van der Waals surface area contributed by atoms with Gasteiger partial charge in [0.2, 0.25) is 17.7 Å². The Morgan fingerprint density at radius 2 is 1.90 bits per heavy atom. The summed E-state index contributed by atoms with van der Waals surface area (Å²) in [5, 5.41) is 0.696. The number of nitrogens with zero attached hydrogens (tertiary/aromatic N) is 3. The molecule has 2 aromatic rings. The lowest BCUT2D eigenvalue weighted by Gasteiger charge is -2.21. The maximum Gasteiger partial charge on any atom is 0.233 e. The molecule has 1 aromatic carbocycles. The van der Waals surface area contributed by atoms with E-state index in [-0.39, 0.29) is 42.5 Å². The molecule has 4 rings (SSSR count). The number of fused-ring (bicyclic) bond motifs is 2. The van der Waals surface area contributed by atoms with Gasteiger partial charge in [0.15, 0.2) is 5.13 Å². The van der Waals surface area contributed by atoms with E-state index < -0.39 is 0 Å². The number of unbranched alkanes of at least 4 members (excludes halogenated alkanes) is 1. The van der Waals surface area contributed by atoms with Crippen LogP contribution < -0.4 is 4.90 Å². The van der Waals surface area contributed by atoms with Crippen molar-refractivity contribution in [1.29, 1.82) is 0 Å². The number of aromatic nitrogens is 1. The number of carbonyl (C=O) groups excluding carboxylic acids is 3. The SMILES string of the molecule is CCCCN(C(=O)CCN1C(=O)C2CCCCC2C1=O)c1nc2ccc(C)cc2s1. The summed E-state index contributed by atoms with van der Waals surface area (Å²) in [5.74, 6) is -0.550. The third kappa shape index (κ3) is 4.00. The Hall–Kier alpha value is -2.28. The molecule has 0 N–H and O–H groups in total. The van der Waals surface area contributed by atoms with Crippen molar-refractivity contribution < 1.29 is 14.4 Å². The Bertz CT molecular complexity index is 946. The number of rotatable bonds is 7. The summed E-state index contributed by atoms with van der Waals surface area (Å²) in [7, 11) is 0. The van der Waals surface area contributed by atoms with Crippen molar-refractivity contribution in [2.75, 3.05) is 18.0 Å². The molecule has 1 saturated heterocycles. The summed E-state index contributed by atoms with van der Waals surface area (Å²) in [6, 6.07) is 6.09. The van der Waals surface area contributed by atoms with E-state index in [1.165, 1.54) is 16.2 Å². The summed E-state index contributed by atoms with van der Waals surface area (Å²) in [5.41, 5.74) is 2.06. The fourth-order valence-corrected chi connectivity index (χ4v) is 5.68. The topological polar surface area (TPSA) is 70.6 Å². The van der Waals surface area contributed by atoms with Crippen molar-refractivity contribution in [3.63, 3.8) is 0 Å². The molecule has 160 valence electrons. The van der Waals surface area contributed by atoms with Gasteiger partial charge in [0.25, 0.3) is 0 Å². The zero-order chi connectivity index (χ0) is 21.3. The molecule has 3 amide bonds. The molecule has 6 nitrogen and oxygen atoms in total. The van der Waals surface area contributed by atoms with Gasteiger partial charge in [-0.05, 0) is 43.9 Å². The lowest BCUT2D eigenvalue weighted by atomic mass is 9.81. The van der Waals surface area contributed by atoms with Crippen LogP contribution in [0, 0.1) is 18.8 Å². The lowest BCUT2D eigenvalue weighted by molar-refractivity contribution is -0.140. The van der Waals surface area contributed by atoms with E-state index in [4.69, 9.17) is 0 Å². The number of anilines is 1. The highest BCUT2D eigenvalue weighted by Crippen LogP contribution is 2.38. The smallest absolute Gasteiger partial charge is 0.233 e. The minimum absolute atomic E-state index is 0.0744. The number of carbonyl (C=O) groups is 3. The van der Waals surface area contributed by atoms with Crippen LogP contribution in [0.25, 0.3) is 10.2 Å². The first kappa shape index (κ1) is 21.0. The average Bonchev–Trinajstić information content (AvgIpc) is 3.26. The van der Waals surface area contributed by atoms with Crippen LogP contribution in [0.15, 0.2) is 18.2 Å². The molecular formula is C23H29N3O3S. The number of hydrogen-bond acceptors (Lipinski definition) is 5. The Morgan fingerprint density at radius 3 is 2.57 bits per heavy atom. The molecule has 0 bridgehead atoms. The van der Waals surface area contributed by atoms with Crippen LogP contribution in [0.5, 0.6) is 0 Å². The van der Waals surface area contributed by atoms with E-state index in [0.717, 1.165) is 54.3 Å². The number of amides is 3. The highest BCUT2D eigenvalue weighted by Gasteiger charge is 2.47. The predicted octanol–water partition coefficient (Wildman–Crippen LogP) is 4.30. The van der Waals surface area contributed by atoms with Crippen molar-refractivity contribution in [3.05, 3.63) is 23.8 Å². The highest BCUT2D eigenvalue weighted by molar-refractivity contribution is 7.22. The Morgan fingerprint density at radius 1 is 1.20 bits per heavy atom. The van der Waals surface area contributed by atoms with Crippen LogP contribution in [-0.4, -0.2) is 40.7 Å². The van der Waals surface area contributed by atoms with E-state index in [1.807, 2.05) is 19.1 Å². The van der Waals surface area contributed by atoms with E-state index in [1.54, 1.807) is 4.90 Å². The summed E-state index contributed by atoms with van der Waals surface area (Å²) in [4.78, 5) is 46.3. The summed E-state index contributed by atoms with van der Waals surface area (Å²) in [6.07, 6.45) is 5.62. The van der Waals surface area contributed by atoms with Crippen molar-refractivity contribution in [2.45, 2.75) is 58.8 Å². The van der Waals surface area contributed by atoms with Gasteiger partial charge in [-0.1, -0.05) is 43.6 Å². The fraction of sp³-hybridized carbons (Fsp3) is 0.565. The van der Waals surface area contributed by atoms with Crippen molar-refractivity contribution in [3.8, 4) is 0 Å². The Balaban J connectivity index is 1.48. The van der Waals surface area contributed by atoms with Crippen molar-refractivity contribution in [1.82, 2.24) is 9.88 Å². The molecular weight excluding hydrogens is 398 g/mol. The molecule has 2 atom stereocenters. The minimum Gasteiger partial charge on any atom is -0.288 e. The van der Waals surface area contributed by atoms with Gasteiger partial charge in [-0.15, -0.1) is 0 Å². The number of thiazole rings is 1. The van der Waals surface area contributed by atoms with E-state index >= 15 is 0 Å². The van der Waals surface area contributed by atoms with Gasteiger partial charge >= 0.3 is 0 Å². The predicted molar refractivity (Wildman–Crippen MR) is 118 cm³/mol. The van der Waals surface area contributed by atoms with E-state index in [0.29, 0.717) is 11.7 Å². The second-order valence-corrected chi connectivity index (χ2v) is 9.45. The van der Waals surface area contributed by atoms with Gasteiger partial charge in [0.05, 0.1) is 22.1 Å². The van der Waals surface area contributed by atoms with Gasteiger partial charge in [0, 0.05) is 19.5 Å². The fourth-order valence-electron chi connectivity index (χ4n) is 4.57. The van der Waals surface area contributed by atoms with Crippen LogP contribution >= 0.6 is 11.3 Å². The van der Waals surface area contributed by atoms with Crippen molar-refractivity contribution >= 4 is 44.4 Å². The summed E-state index contributed by atoms with van der Waals surface area (Å²) < 4.78 is 1.06. The quantitative estimate of drug-likeness (QED) is 0.618. The van der Waals surface area contributed by atoms with E-state index in [9.17, 15) is 14.4 Å². The van der Waals surface area contributed by atoms with Crippen LogP contribution in [0.4, 0.5) is 5.13 Å². The molecule has 2 aliphatic rings. The maximum atomic E-state index is 13.1. The van der Waals surface area contributed by atoms with Crippen LogP contribution in [0.3, 0.4) is 0 Å². The molecule has 1 saturated carbocycles. The van der Waals surface area contributed by atoms with E-state index in [2.05, 4.69) is 18.0 Å². The third-order valence-corrected chi connectivity index (χ3v) is 7.32. The van der Waals surface area contributed by atoms with Crippen molar-refractivity contribution in [2.24, 2.45) is 11.8 Å². The first-order valence-electron chi connectivity index (χ1n) is 11.0. The van der Waals surface area contributed by atoms with Crippen LogP contribution in [-0.2, 0) is 14.4 Å². The molecule has 7 heteroatoms. The minimum atomic E-state index is -0.162. The first-order valence-corrected chi connectivity index (χ1v) is 11.8. The average molecular weight is 428 g/mol. The lowest BCUT2D eigenvalue weighted by Crippen LogP contribution is -2.38. The van der Waals surface area contributed by atoms with Gasteiger partial charge < -0.3 is 0 Å². The monoisotopic (exact) mass is 427 g/mol. The number of imide groups is 1. The Labute approximate surface area is 181 Å². The molecule has 1 aromatic heterocycles. The number of likely N-dealkylation sites (tertiary alicyclic amines) is 1. The van der Waals surface area contributed by atoms with Gasteiger partial charge in [0.1, 0.15) is 0 Å². The van der Waals surface area contributed by atoms with Gasteiger partial charge in [-0.2, -0.15) is 0 Å². The summed E-state index contributed by atoms with van der Waals surface area (Å²) in [6.45, 7) is 4.91. The van der Waals surface area contributed by atoms with Gasteiger partial charge in [-0.25, -0.2) is 4.98 Å². The molecule has 30 heavy (non-hydrogen) atoms. The molecule has 2 heterocycles. The number of benzene rings is 1. The highest BCUT2D eigenvalue weighted by atomic mass is 32.1. The van der Waals surface area contributed by atoms with Crippen LogP contribution in [0.2, 0.25) is 0 Å². The Kier molecular flexibility index (Phi) is 6.18. The standard InChI is InChI=1S/C23H29N3O3S/c1-3-4-12-25(23-24-18-10-9-15(2)14-19(18)30-23)20(27)11-13-26-21(28)16-7-5-6-8-17(16)22(26)29/h9-10,14,16-17H,3-8,11-13H2,1-2H3. The zero-order valence-corrected chi connectivity index (χ0v) is 18.5. The maximum absolute atomic E-state index is 13.1. The first-order chi connectivity index (χ1) is 14.5. The second kappa shape index (κ2) is 8.84.